The number of nitrogens with one attached hydrogen (secondary N) is 1. The van der Waals surface area contributed by atoms with Gasteiger partial charge in [-0.05, 0) is 25.5 Å². The van der Waals surface area contributed by atoms with Crippen LogP contribution >= 0.6 is 0 Å². The Labute approximate surface area is 159 Å². The number of hydrogen-bond acceptors (Lipinski definition) is 4. The highest BCUT2D eigenvalue weighted by atomic mass is 32.2. The maximum absolute atomic E-state index is 12.9. The molecule has 6 nitrogen and oxygen atoms in total. The molecule has 3 rings (SSSR count). The first-order chi connectivity index (χ1) is 13.1. The average molecular weight is 385 g/mol. The van der Waals surface area contributed by atoms with E-state index in [0.29, 0.717) is 31.9 Å². The van der Waals surface area contributed by atoms with Gasteiger partial charge in [0.15, 0.2) is 0 Å². The van der Waals surface area contributed by atoms with E-state index in [9.17, 15) is 8.42 Å². The third-order valence-electron chi connectivity index (χ3n) is 4.00. The molecule has 3 aromatic rings. The third-order valence-corrected chi connectivity index (χ3v) is 5.46. The van der Waals surface area contributed by atoms with Gasteiger partial charge in [-0.3, -0.25) is 0 Å². The number of benzene rings is 2. The second-order valence-electron chi connectivity index (χ2n) is 5.94. The molecule has 27 heavy (non-hydrogen) atoms. The molecule has 2 aromatic carbocycles. The summed E-state index contributed by atoms with van der Waals surface area (Å²) < 4.78 is 35.3. The van der Waals surface area contributed by atoms with Gasteiger partial charge in [0.2, 0.25) is 10.0 Å². The van der Waals surface area contributed by atoms with Gasteiger partial charge in [-0.25, -0.2) is 17.8 Å². The van der Waals surface area contributed by atoms with Crippen molar-refractivity contribution >= 4 is 10.0 Å². The van der Waals surface area contributed by atoms with Crippen LogP contribution in [0.15, 0.2) is 71.8 Å². The van der Waals surface area contributed by atoms with E-state index in [2.05, 4.69) is 9.82 Å². The lowest BCUT2D eigenvalue weighted by Crippen LogP contribution is -2.25. The zero-order valence-corrected chi connectivity index (χ0v) is 16.0. The van der Waals surface area contributed by atoms with Crippen LogP contribution in [0, 0.1) is 0 Å². The second-order valence-corrected chi connectivity index (χ2v) is 7.67. The Morgan fingerprint density at radius 1 is 1.04 bits per heavy atom. The summed E-state index contributed by atoms with van der Waals surface area (Å²) in [6, 6.07) is 18.8. The average Bonchev–Trinajstić information content (AvgIpc) is 3.16. The Kier molecular flexibility index (Phi) is 6.39. The normalized spacial score (nSPS) is 11.6. The second kappa shape index (κ2) is 8.94. The Balaban J connectivity index is 1.94. The van der Waals surface area contributed by atoms with Crippen LogP contribution in [0.3, 0.4) is 0 Å². The molecular weight excluding hydrogens is 362 g/mol. The topological polar surface area (TPSA) is 73.2 Å². The first kappa shape index (κ1) is 19.3. The zero-order chi connectivity index (χ0) is 19.1. The van der Waals surface area contributed by atoms with Crippen LogP contribution in [0.2, 0.25) is 0 Å². The van der Waals surface area contributed by atoms with Crippen LogP contribution in [0.5, 0.6) is 0 Å². The van der Waals surface area contributed by atoms with Crippen molar-refractivity contribution in [3.63, 3.8) is 0 Å². The predicted molar refractivity (Wildman–Crippen MR) is 105 cm³/mol. The first-order valence-corrected chi connectivity index (χ1v) is 10.4. The highest BCUT2D eigenvalue weighted by Crippen LogP contribution is 2.27. The SMILES string of the molecule is CCOCCCNS(=O)(=O)c1cn(-c2ccccc2)nc1-c1ccccc1. The van der Waals surface area contributed by atoms with E-state index in [1.807, 2.05) is 67.6 Å². The minimum absolute atomic E-state index is 0.161. The molecular formula is C20H23N3O3S. The third kappa shape index (κ3) is 4.82. The molecule has 0 radical (unpaired) electrons. The molecule has 0 fully saturated rings. The molecule has 0 saturated heterocycles. The van der Waals surface area contributed by atoms with Crippen LogP contribution < -0.4 is 4.72 Å². The van der Waals surface area contributed by atoms with E-state index < -0.39 is 10.0 Å². The molecule has 0 aliphatic carbocycles. The molecule has 0 amide bonds. The molecule has 1 aromatic heterocycles. The van der Waals surface area contributed by atoms with Crippen LogP contribution in [0.25, 0.3) is 16.9 Å². The lowest BCUT2D eigenvalue weighted by molar-refractivity contribution is 0.146. The summed E-state index contributed by atoms with van der Waals surface area (Å²) in [6.45, 7) is 3.37. The number of sulfonamides is 1. The van der Waals surface area contributed by atoms with Crippen LogP contribution in [0.1, 0.15) is 13.3 Å². The van der Waals surface area contributed by atoms with E-state index in [1.54, 1.807) is 10.9 Å². The van der Waals surface area contributed by atoms with Crippen molar-refractivity contribution in [3.8, 4) is 16.9 Å². The van der Waals surface area contributed by atoms with E-state index >= 15 is 0 Å². The largest absolute Gasteiger partial charge is 0.382 e. The molecule has 0 aliphatic rings. The predicted octanol–water partition coefficient (Wildman–Crippen LogP) is 3.24. The Morgan fingerprint density at radius 2 is 1.70 bits per heavy atom. The fraction of sp³-hybridized carbons (Fsp3) is 0.250. The van der Waals surface area contributed by atoms with Gasteiger partial charge in [-0.2, -0.15) is 5.10 Å². The summed E-state index contributed by atoms with van der Waals surface area (Å²) in [5, 5.41) is 4.55. The van der Waals surface area contributed by atoms with Gasteiger partial charge < -0.3 is 4.74 Å². The Hall–Kier alpha value is -2.48. The van der Waals surface area contributed by atoms with E-state index in [1.165, 1.54) is 0 Å². The lowest BCUT2D eigenvalue weighted by atomic mass is 10.2. The van der Waals surface area contributed by atoms with E-state index in [-0.39, 0.29) is 4.90 Å². The molecule has 0 unspecified atom stereocenters. The van der Waals surface area contributed by atoms with Gasteiger partial charge in [0.1, 0.15) is 10.6 Å². The van der Waals surface area contributed by atoms with Crippen LogP contribution in [-0.4, -0.2) is 38.0 Å². The highest BCUT2D eigenvalue weighted by Gasteiger charge is 2.23. The van der Waals surface area contributed by atoms with Gasteiger partial charge in [0.05, 0.1) is 11.9 Å². The smallest absolute Gasteiger partial charge is 0.244 e. The summed E-state index contributed by atoms with van der Waals surface area (Å²) in [7, 11) is -3.70. The van der Waals surface area contributed by atoms with Crippen molar-refractivity contribution in [2.45, 2.75) is 18.2 Å². The fourth-order valence-electron chi connectivity index (χ4n) is 2.67. The van der Waals surface area contributed by atoms with Gasteiger partial charge in [0, 0.05) is 25.3 Å². The van der Waals surface area contributed by atoms with Crippen molar-refractivity contribution in [1.82, 2.24) is 14.5 Å². The van der Waals surface area contributed by atoms with E-state index in [0.717, 1.165) is 11.3 Å². The molecule has 0 spiro atoms. The highest BCUT2D eigenvalue weighted by molar-refractivity contribution is 7.89. The standard InChI is InChI=1S/C20H23N3O3S/c1-2-26-15-9-14-21-27(24,25)19-16-23(18-12-7-4-8-13-18)22-20(19)17-10-5-3-6-11-17/h3-8,10-13,16,21H,2,9,14-15H2,1H3. The Morgan fingerprint density at radius 3 is 2.37 bits per heavy atom. The van der Waals surface area contributed by atoms with Crippen molar-refractivity contribution < 1.29 is 13.2 Å². The number of rotatable bonds is 9. The van der Waals surface area contributed by atoms with Crippen molar-refractivity contribution in [1.29, 1.82) is 0 Å². The quantitative estimate of drug-likeness (QED) is 0.574. The maximum Gasteiger partial charge on any atom is 0.244 e. The molecule has 1 heterocycles. The number of nitrogens with zero attached hydrogens (tertiary/aromatic N) is 2. The van der Waals surface area contributed by atoms with E-state index in [4.69, 9.17) is 4.74 Å². The van der Waals surface area contributed by atoms with Gasteiger partial charge in [-0.1, -0.05) is 48.5 Å². The summed E-state index contributed by atoms with van der Waals surface area (Å²) in [5.74, 6) is 0. The molecule has 0 bridgehead atoms. The molecule has 7 heteroatoms. The lowest BCUT2D eigenvalue weighted by Gasteiger charge is -2.07. The molecule has 0 saturated carbocycles. The summed E-state index contributed by atoms with van der Waals surface area (Å²) in [6.07, 6.45) is 2.17. The number of ether oxygens (including phenoxy) is 1. The monoisotopic (exact) mass is 385 g/mol. The molecule has 142 valence electrons. The summed E-state index contributed by atoms with van der Waals surface area (Å²) >= 11 is 0. The van der Waals surface area contributed by atoms with Gasteiger partial charge in [0.25, 0.3) is 0 Å². The number of aromatic nitrogens is 2. The van der Waals surface area contributed by atoms with Gasteiger partial charge in [-0.15, -0.1) is 0 Å². The summed E-state index contributed by atoms with van der Waals surface area (Å²) in [5.41, 5.74) is 1.98. The van der Waals surface area contributed by atoms with Crippen molar-refractivity contribution in [2.24, 2.45) is 0 Å². The fourth-order valence-corrected chi connectivity index (χ4v) is 3.89. The van der Waals surface area contributed by atoms with Gasteiger partial charge >= 0.3 is 0 Å². The minimum Gasteiger partial charge on any atom is -0.382 e. The number of para-hydroxylation sites is 1. The number of hydrogen-bond donors (Lipinski definition) is 1. The molecule has 1 N–H and O–H groups in total. The zero-order valence-electron chi connectivity index (χ0n) is 15.2. The summed E-state index contributed by atoms with van der Waals surface area (Å²) in [4.78, 5) is 0.161. The Bertz CT molecular complexity index is 955. The van der Waals surface area contributed by atoms with Crippen LogP contribution in [-0.2, 0) is 14.8 Å². The molecule has 0 aliphatic heterocycles. The van der Waals surface area contributed by atoms with Crippen LogP contribution in [0.4, 0.5) is 0 Å². The van der Waals surface area contributed by atoms with Crippen molar-refractivity contribution in [2.75, 3.05) is 19.8 Å². The van der Waals surface area contributed by atoms with Crippen molar-refractivity contribution in [3.05, 3.63) is 66.9 Å². The molecule has 0 atom stereocenters. The minimum atomic E-state index is -3.70. The maximum atomic E-state index is 12.9. The first-order valence-electron chi connectivity index (χ1n) is 8.90.